The lowest BCUT2D eigenvalue weighted by Gasteiger charge is -2.22. The van der Waals surface area contributed by atoms with Crippen molar-refractivity contribution in [1.82, 2.24) is 9.88 Å². The summed E-state index contributed by atoms with van der Waals surface area (Å²) in [6.45, 7) is 4.18. The van der Waals surface area contributed by atoms with Crippen LogP contribution >= 0.6 is 47.8 Å². The molecule has 24 heavy (non-hydrogen) atoms. The Hall–Kier alpha value is -0.850. The number of nitrogens with two attached hydrogens (primary N) is 1. The fourth-order valence-corrected chi connectivity index (χ4v) is 3.55. The fraction of sp³-hybridized carbons (Fsp3) is 0.375. The van der Waals surface area contributed by atoms with Crippen LogP contribution in [0, 0.1) is 5.41 Å². The number of likely N-dealkylation sites (tertiary alicyclic amines) is 1. The molecule has 1 atom stereocenters. The highest BCUT2D eigenvalue weighted by molar-refractivity contribution is 7.13. The molecular formula is C16H20Cl3N3OS. The standard InChI is InChI=1S/C16H18ClN3OS.2ClH/c1-16(9-18)6-7-20(10-16)15(21)13-8-22-14(19-13)11-2-4-12(17)5-3-11;;/h2-5,8H,6-7,9-10,18H2,1H3;2*1H. The van der Waals surface area contributed by atoms with Crippen molar-refractivity contribution in [3.63, 3.8) is 0 Å². The van der Waals surface area contributed by atoms with E-state index in [1.54, 1.807) is 0 Å². The van der Waals surface area contributed by atoms with Crippen LogP contribution in [0.5, 0.6) is 0 Å². The van der Waals surface area contributed by atoms with Crippen LogP contribution in [0.15, 0.2) is 29.6 Å². The summed E-state index contributed by atoms with van der Waals surface area (Å²) in [6, 6.07) is 7.48. The van der Waals surface area contributed by atoms with E-state index in [1.807, 2.05) is 34.5 Å². The number of hydrogen-bond donors (Lipinski definition) is 1. The van der Waals surface area contributed by atoms with E-state index in [2.05, 4.69) is 11.9 Å². The first-order valence-corrected chi connectivity index (χ1v) is 8.47. The van der Waals surface area contributed by atoms with Gasteiger partial charge >= 0.3 is 0 Å². The van der Waals surface area contributed by atoms with Crippen molar-refractivity contribution in [2.24, 2.45) is 11.1 Å². The van der Waals surface area contributed by atoms with Gasteiger partial charge in [0.1, 0.15) is 10.7 Å². The topological polar surface area (TPSA) is 59.2 Å². The van der Waals surface area contributed by atoms with Crippen molar-refractivity contribution in [2.75, 3.05) is 19.6 Å². The summed E-state index contributed by atoms with van der Waals surface area (Å²) in [5.74, 6) is -0.00589. The van der Waals surface area contributed by atoms with Gasteiger partial charge in [-0.3, -0.25) is 4.79 Å². The molecule has 1 saturated heterocycles. The minimum atomic E-state index is -0.00589. The van der Waals surface area contributed by atoms with E-state index in [9.17, 15) is 4.79 Å². The molecule has 1 amide bonds. The number of benzene rings is 1. The summed E-state index contributed by atoms with van der Waals surface area (Å²) in [7, 11) is 0. The SMILES string of the molecule is CC1(CN)CCN(C(=O)c2csc(-c3ccc(Cl)cc3)n2)C1.Cl.Cl. The quantitative estimate of drug-likeness (QED) is 0.831. The largest absolute Gasteiger partial charge is 0.337 e. The fourth-order valence-electron chi connectivity index (χ4n) is 2.62. The normalized spacial score (nSPS) is 19.5. The molecular weight excluding hydrogens is 389 g/mol. The van der Waals surface area contributed by atoms with E-state index in [4.69, 9.17) is 17.3 Å². The van der Waals surface area contributed by atoms with Gasteiger partial charge in [-0.15, -0.1) is 36.2 Å². The molecule has 0 bridgehead atoms. The minimum absolute atomic E-state index is 0. The Labute approximate surface area is 163 Å². The number of nitrogens with zero attached hydrogens (tertiary/aromatic N) is 2. The van der Waals surface area contributed by atoms with Crippen LogP contribution in [0.3, 0.4) is 0 Å². The van der Waals surface area contributed by atoms with Gasteiger partial charge in [0.05, 0.1) is 0 Å². The van der Waals surface area contributed by atoms with Gasteiger partial charge in [-0.25, -0.2) is 4.98 Å². The van der Waals surface area contributed by atoms with E-state index in [0.717, 1.165) is 23.5 Å². The van der Waals surface area contributed by atoms with Crippen LogP contribution in [0.25, 0.3) is 10.6 Å². The molecule has 1 aromatic heterocycles. The van der Waals surface area contributed by atoms with E-state index >= 15 is 0 Å². The van der Waals surface area contributed by atoms with E-state index in [1.165, 1.54) is 11.3 Å². The number of carbonyl (C=O) groups excluding carboxylic acids is 1. The number of halogens is 3. The van der Waals surface area contributed by atoms with Crippen LogP contribution in [0.2, 0.25) is 5.02 Å². The Morgan fingerprint density at radius 3 is 2.62 bits per heavy atom. The van der Waals surface area contributed by atoms with Gasteiger partial charge in [-0.2, -0.15) is 0 Å². The third-order valence-electron chi connectivity index (χ3n) is 4.15. The molecule has 2 aromatic rings. The van der Waals surface area contributed by atoms with Crippen molar-refractivity contribution in [2.45, 2.75) is 13.3 Å². The van der Waals surface area contributed by atoms with Crippen LogP contribution in [-0.4, -0.2) is 35.4 Å². The van der Waals surface area contributed by atoms with Crippen molar-refractivity contribution < 1.29 is 4.79 Å². The third-order valence-corrected chi connectivity index (χ3v) is 5.30. The van der Waals surface area contributed by atoms with Crippen molar-refractivity contribution in [3.05, 3.63) is 40.4 Å². The predicted molar refractivity (Wildman–Crippen MR) is 105 cm³/mol. The molecule has 0 saturated carbocycles. The molecule has 4 nitrogen and oxygen atoms in total. The monoisotopic (exact) mass is 407 g/mol. The van der Waals surface area contributed by atoms with Crippen molar-refractivity contribution in [1.29, 1.82) is 0 Å². The molecule has 0 aliphatic carbocycles. The maximum absolute atomic E-state index is 12.6. The Balaban J connectivity index is 0.00000144. The van der Waals surface area contributed by atoms with Crippen LogP contribution < -0.4 is 5.73 Å². The van der Waals surface area contributed by atoms with Gasteiger partial charge in [-0.1, -0.05) is 30.7 Å². The summed E-state index contributed by atoms with van der Waals surface area (Å²) < 4.78 is 0. The molecule has 2 N–H and O–H groups in total. The molecule has 132 valence electrons. The van der Waals surface area contributed by atoms with Crippen LogP contribution in [-0.2, 0) is 0 Å². The van der Waals surface area contributed by atoms with E-state index in [0.29, 0.717) is 23.8 Å². The average molecular weight is 409 g/mol. The first-order valence-electron chi connectivity index (χ1n) is 7.22. The summed E-state index contributed by atoms with van der Waals surface area (Å²) in [4.78, 5) is 18.9. The number of aromatic nitrogens is 1. The molecule has 1 aliphatic rings. The molecule has 3 rings (SSSR count). The van der Waals surface area contributed by atoms with Gasteiger partial charge in [0.15, 0.2) is 0 Å². The van der Waals surface area contributed by atoms with Gasteiger partial charge < -0.3 is 10.6 Å². The number of rotatable bonds is 3. The molecule has 1 aliphatic heterocycles. The van der Waals surface area contributed by atoms with E-state index in [-0.39, 0.29) is 36.1 Å². The predicted octanol–water partition coefficient (Wildman–Crippen LogP) is 4.12. The molecule has 1 fully saturated rings. The maximum atomic E-state index is 12.6. The third kappa shape index (κ3) is 4.41. The van der Waals surface area contributed by atoms with Gasteiger partial charge in [-0.05, 0) is 30.5 Å². The van der Waals surface area contributed by atoms with Gasteiger partial charge in [0.25, 0.3) is 5.91 Å². The number of amides is 1. The Morgan fingerprint density at radius 1 is 1.38 bits per heavy atom. The smallest absolute Gasteiger partial charge is 0.273 e. The minimum Gasteiger partial charge on any atom is -0.337 e. The highest BCUT2D eigenvalue weighted by atomic mass is 35.5. The summed E-state index contributed by atoms with van der Waals surface area (Å²) >= 11 is 7.37. The summed E-state index contributed by atoms with van der Waals surface area (Å²) in [6.07, 6.45) is 0.948. The molecule has 8 heteroatoms. The Bertz CT molecular complexity index is 692. The highest BCUT2D eigenvalue weighted by Gasteiger charge is 2.35. The maximum Gasteiger partial charge on any atom is 0.273 e. The van der Waals surface area contributed by atoms with E-state index < -0.39 is 0 Å². The molecule has 0 radical (unpaired) electrons. The second-order valence-corrected chi connectivity index (χ2v) is 7.33. The average Bonchev–Trinajstić information content (AvgIpc) is 3.15. The Kier molecular flexibility index (Phi) is 7.50. The molecule has 1 unspecified atom stereocenters. The number of carbonyl (C=O) groups is 1. The lowest BCUT2D eigenvalue weighted by molar-refractivity contribution is 0.0772. The second kappa shape index (κ2) is 8.50. The number of hydrogen-bond acceptors (Lipinski definition) is 4. The lowest BCUT2D eigenvalue weighted by atomic mass is 9.90. The zero-order valence-corrected chi connectivity index (χ0v) is 16.4. The summed E-state index contributed by atoms with van der Waals surface area (Å²) in [5.41, 5.74) is 7.32. The first kappa shape index (κ1) is 21.2. The van der Waals surface area contributed by atoms with Gasteiger partial charge in [0, 0.05) is 29.1 Å². The van der Waals surface area contributed by atoms with Crippen LogP contribution in [0.4, 0.5) is 0 Å². The summed E-state index contributed by atoms with van der Waals surface area (Å²) in [5, 5.41) is 3.35. The van der Waals surface area contributed by atoms with Crippen molar-refractivity contribution in [3.8, 4) is 10.6 Å². The first-order chi connectivity index (χ1) is 10.5. The van der Waals surface area contributed by atoms with Gasteiger partial charge in [0.2, 0.25) is 0 Å². The number of thiazole rings is 1. The van der Waals surface area contributed by atoms with Crippen LogP contribution in [0.1, 0.15) is 23.8 Å². The molecule has 2 heterocycles. The molecule has 1 aromatic carbocycles. The van der Waals surface area contributed by atoms with Crippen molar-refractivity contribution >= 4 is 53.7 Å². The highest BCUT2D eigenvalue weighted by Crippen LogP contribution is 2.31. The second-order valence-electron chi connectivity index (χ2n) is 6.04. The zero-order valence-electron chi connectivity index (χ0n) is 13.2. The Morgan fingerprint density at radius 2 is 2.04 bits per heavy atom. The lowest BCUT2D eigenvalue weighted by Crippen LogP contribution is -2.34. The zero-order chi connectivity index (χ0) is 15.7. The molecule has 0 spiro atoms.